The van der Waals surface area contributed by atoms with Crippen molar-refractivity contribution >= 4 is 11.8 Å². The van der Waals surface area contributed by atoms with Gasteiger partial charge in [0.2, 0.25) is 5.91 Å². The lowest BCUT2D eigenvalue weighted by molar-refractivity contribution is 0.0407. The number of benzene rings is 1. The molecule has 1 saturated heterocycles. The molecule has 6 nitrogen and oxygen atoms in total. The molecule has 0 radical (unpaired) electrons. The van der Waals surface area contributed by atoms with Gasteiger partial charge < -0.3 is 20.7 Å². The van der Waals surface area contributed by atoms with E-state index in [0.29, 0.717) is 18.7 Å². The van der Waals surface area contributed by atoms with Crippen LogP contribution in [0, 0.1) is 0 Å². The highest BCUT2D eigenvalue weighted by Crippen LogP contribution is 2.33. The van der Waals surface area contributed by atoms with Crippen LogP contribution >= 0.6 is 0 Å². The van der Waals surface area contributed by atoms with Crippen molar-refractivity contribution in [1.29, 1.82) is 0 Å². The van der Waals surface area contributed by atoms with Gasteiger partial charge in [-0.3, -0.25) is 9.59 Å². The van der Waals surface area contributed by atoms with Gasteiger partial charge in [0.25, 0.3) is 5.91 Å². The number of aromatic amines is 1. The Kier molecular flexibility index (Phi) is 4.40. The number of nitrogens with one attached hydrogen (secondary N) is 1. The van der Waals surface area contributed by atoms with E-state index in [9.17, 15) is 14.7 Å². The number of hydrogen-bond donors (Lipinski definition) is 3. The molecule has 1 atom stereocenters. The normalized spacial score (nSPS) is 20.3. The van der Waals surface area contributed by atoms with Crippen molar-refractivity contribution in [3.63, 3.8) is 0 Å². The zero-order valence-corrected chi connectivity index (χ0v) is 13.4. The third kappa shape index (κ3) is 2.92. The summed E-state index contributed by atoms with van der Waals surface area (Å²) in [6, 6.07) is 11.3. The van der Waals surface area contributed by atoms with Gasteiger partial charge in [0.05, 0.1) is 17.7 Å². The van der Waals surface area contributed by atoms with Crippen LogP contribution in [0.5, 0.6) is 0 Å². The fourth-order valence-electron chi connectivity index (χ4n) is 3.44. The average Bonchev–Trinajstić information content (AvgIpc) is 3.23. The Balaban J connectivity index is 1.87. The van der Waals surface area contributed by atoms with Gasteiger partial charge in [0, 0.05) is 12.7 Å². The molecule has 2 aromatic rings. The largest absolute Gasteiger partial charge is 0.394 e. The first-order valence-electron chi connectivity index (χ1n) is 8.01. The second kappa shape index (κ2) is 6.49. The molecule has 1 aliphatic rings. The van der Waals surface area contributed by atoms with Crippen LogP contribution in [0.2, 0.25) is 0 Å². The summed E-state index contributed by atoms with van der Waals surface area (Å²) in [6.07, 6.45) is 3.61. The van der Waals surface area contributed by atoms with Crippen LogP contribution in [-0.4, -0.2) is 45.5 Å². The second-order valence-electron chi connectivity index (χ2n) is 6.27. The molecule has 1 aromatic heterocycles. The predicted molar refractivity (Wildman–Crippen MR) is 89.5 cm³/mol. The second-order valence-corrected chi connectivity index (χ2v) is 6.27. The van der Waals surface area contributed by atoms with Crippen molar-refractivity contribution in [2.75, 3.05) is 13.2 Å². The number of aliphatic hydroxyl groups excluding tert-OH is 1. The highest BCUT2D eigenvalue weighted by atomic mass is 16.3. The fourth-order valence-corrected chi connectivity index (χ4v) is 3.44. The lowest BCUT2D eigenvalue weighted by Gasteiger charge is -2.37. The van der Waals surface area contributed by atoms with Gasteiger partial charge in [-0.25, -0.2) is 0 Å². The Morgan fingerprint density at radius 2 is 2.04 bits per heavy atom. The molecule has 1 aliphatic heterocycles. The lowest BCUT2D eigenvalue weighted by Crippen LogP contribution is -2.51. The number of hydrogen-bond acceptors (Lipinski definition) is 3. The monoisotopic (exact) mass is 327 g/mol. The van der Waals surface area contributed by atoms with Crippen molar-refractivity contribution in [2.45, 2.75) is 24.8 Å². The van der Waals surface area contributed by atoms with Crippen LogP contribution in [-0.2, 0) is 6.42 Å². The van der Waals surface area contributed by atoms with Crippen LogP contribution in [0.15, 0.2) is 42.6 Å². The number of nitrogens with two attached hydrogens (primary N) is 1. The highest BCUT2D eigenvalue weighted by Gasteiger charge is 2.43. The zero-order valence-electron chi connectivity index (χ0n) is 13.4. The molecule has 0 bridgehead atoms. The number of likely N-dealkylation sites (tertiary alicyclic amines) is 1. The molecule has 1 fully saturated rings. The number of carbonyl (C=O) groups excluding carboxylic acids is 2. The van der Waals surface area contributed by atoms with E-state index >= 15 is 0 Å². The number of nitrogens with zero attached hydrogens (tertiary/aromatic N) is 1. The Hall–Kier alpha value is -2.60. The number of H-pyrrole nitrogens is 1. The molecule has 126 valence electrons. The molecule has 1 aromatic carbocycles. The molecule has 3 rings (SSSR count). The molecular formula is C18H21N3O3. The summed E-state index contributed by atoms with van der Waals surface area (Å²) in [5.74, 6) is -0.797. The minimum Gasteiger partial charge on any atom is -0.394 e. The van der Waals surface area contributed by atoms with E-state index in [-0.39, 0.29) is 18.1 Å². The maximum Gasteiger partial charge on any atom is 0.270 e. The topological polar surface area (TPSA) is 99.4 Å². The molecule has 6 heteroatoms. The molecule has 0 aliphatic carbocycles. The fraction of sp³-hybridized carbons (Fsp3) is 0.333. The van der Waals surface area contributed by atoms with Gasteiger partial charge in [-0.05, 0) is 30.9 Å². The van der Waals surface area contributed by atoms with Crippen molar-refractivity contribution in [2.24, 2.45) is 5.73 Å². The van der Waals surface area contributed by atoms with Crippen LogP contribution in [0.4, 0.5) is 0 Å². The summed E-state index contributed by atoms with van der Waals surface area (Å²) < 4.78 is 0. The van der Waals surface area contributed by atoms with Crippen LogP contribution in [0.1, 0.15) is 39.3 Å². The molecule has 0 spiro atoms. The van der Waals surface area contributed by atoms with Gasteiger partial charge in [0.1, 0.15) is 5.69 Å². The van der Waals surface area contributed by atoms with E-state index < -0.39 is 11.4 Å². The van der Waals surface area contributed by atoms with E-state index in [1.807, 2.05) is 30.3 Å². The molecular weight excluding hydrogens is 306 g/mol. The molecule has 0 saturated carbocycles. The van der Waals surface area contributed by atoms with Gasteiger partial charge in [-0.15, -0.1) is 0 Å². The number of rotatable bonds is 5. The summed E-state index contributed by atoms with van der Waals surface area (Å²) in [4.78, 5) is 28.6. The van der Waals surface area contributed by atoms with Crippen molar-refractivity contribution in [3.05, 3.63) is 59.4 Å². The predicted octanol–water partition coefficient (Wildman–Crippen LogP) is 1.32. The summed E-state index contributed by atoms with van der Waals surface area (Å²) >= 11 is 0. The number of aromatic nitrogens is 1. The van der Waals surface area contributed by atoms with Crippen molar-refractivity contribution in [3.8, 4) is 0 Å². The summed E-state index contributed by atoms with van der Waals surface area (Å²) in [7, 11) is 0. The van der Waals surface area contributed by atoms with E-state index in [4.69, 9.17) is 5.73 Å². The quantitative estimate of drug-likeness (QED) is 0.772. The van der Waals surface area contributed by atoms with Gasteiger partial charge in [-0.2, -0.15) is 0 Å². The minimum atomic E-state index is -0.615. The van der Waals surface area contributed by atoms with E-state index in [0.717, 1.165) is 18.4 Å². The first-order valence-corrected chi connectivity index (χ1v) is 8.01. The number of aliphatic hydroxyl groups is 1. The molecule has 24 heavy (non-hydrogen) atoms. The summed E-state index contributed by atoms with van der Waals surface area (Å²) in [6.45, 7) is 0.480. The van der Waals surface area contributed by atoms with Crippen LogP contribution in [0.25, 0.3) is 0 Å². The number of amides is 2. The maximum atomic E-state index is 12.9. The maximum absolute atomic E-state index is 12.9. The molecule has 1 unspecified atom stereocenters. The first-order chi connectivity index (χ1) is 11.6. The van der Waals surface area contributed by atoms with E-state index in [1.54, 1.807) is 4.90 Å². The summed E-state index contributed by atoms with van der Waals surface area (Å²) in [5.41, 5.74) is 6.29. The van der Waals surface area contributed by atoms with Gasteiger partial charge >= 0.3 is 0 Å². The highest BCUT2D eigenvalue weighted by molar-refractivity contribution is 5.98. The molecule has 2 amide bonds. The minimum absolute atomic E-state index is 0.100. The first kappa shape index (κ1) is 16.3. The van der Waals surface area contributed by atoms with E-state index in [1.165, 1.54) is 12.3 Å². The van der Waals surface area contributed by atoms with Crippen LogP contribution in [0.3, 0.4) is 0 Å². The average molecular weight is 327 g/mol. The Morgan fingerprint density at radius 1 is 1.29 bits per heavy atom. The Labute approximate surface area is 140 Å². The van der Waals surface area contributed by atoms with Crippen molar-refractivity contribution in [1.82, 2.24) is 9.88 Å². The number of primary amides is 1. The van der Waals surface area contributed by atoms with Crippen LogP contribution < -0.4 is 5.73 Å². The third-order valence-corrected chi connectivity index (χ3v) is 4.71. The Morgan fingerprint density at radius 3 is 2.67 bits per heavy atom. The molecule has 2 heterocycles. The van der Waals surface area contributed by atoms with Gasteiger partial charge in [0.15, 0.2) is 0 Å². The SMILES string of the molecule is NC(=O)c1c[nH]c(C(=O)N2CCCC2(CO)Cc2ccccc2)c1. The standard InChI is InChI=1S/C18H21N3O3/c19-16(23)14-9-15(20-11-14)17(24)21-8-4-7-18(21,12-22)10-13-5-2-1-3-6-13/h1-3,5-6,9,11,20,22H,4,7-8,10,12H2,(H2,19,23). The molecule has 4 N–H and O–H groups in total. The zero-order chi connectivity index (χ0) is 17.2. The Bertz CT molecular complexity index is 741. The van der Waals surface area contributed by atoms with E-state index in [2.05, 4.69) is 4.98 Å². The lowest BCUT2D eigenvalue weighted by atomic mass is 9.88. The van der Waals surface area contributed by atoms with Gasteiger partial charge in [-0.1, -0.05) is 30.3 Å². The third-order valence-electron chi connectivity index (χ3n) is 4.71. The van der Waals surface area contributed by atoms with Crippen molar-refractivity contribution < 1.29 is 14.7 Å². The number of carbonyl (C=O) groups is 2. The smallest absolute Gasteiger partial charge is 0.270 e. The summed E-state index contributed by atoms with van der Waals surface area (Å²) in [5, 5.41) is 10.1.